The summed E-state index contributed by atoms with van der Waals surface area (Å²) in [4.78, 5) is 44.3. The van der Waals surface area contributed by atoms with E-state index in [0.29, 0.717) is 29.3 Å². The highest BCUT2D eigenvalue weighted by molar-refractivity contribution is 7.16. The largest absolute Gasteiger partial charge is 0.385 e. The lowest BCUT2D eigenvalue weighted by Gasteiger charge is -2.12. The number of nitrogens with one attached hydrogen (secondary N) is 1. The molecule has 0 saturated heterocycles. The normalized spacial score (nSPS) is 13.1. The zero-order chi connectivity index (χ0) is 20.4. The van der Waals surface area contributed by atoms with Crippen LogP contribution in [0.15, 0.2) is 41.1 Å². The van der Waals surface area contributed by atoms with Crippen LogP contribution in [0.3, 0.4) is 0 Å². The minimum absolute atomic E-state index is 0.249. The molecule has 7 nitrogen and oxygen atoms in total. The number of carbonyl (C=O) groups excluding carboxylic acids is 3. The van der Waals surface area contributed by atoms with Crippen molar-refractivity contribution in [2.24, 2.45) is 0 Å². The number of benzene rings is 1. The first-order valence-electron chi connectivity index (χ1n) is 8.88. The summed E-state index contributed by atoms with van der Waals surface area (Å²) in [7, 11) is 1.57. The quantitative estimate of drug-likeness (QED) is 0.458. The van der Waals surface area contributed by atoms with Crippen molar-refractivity contribution < 1.29 is 19.1 Å². The molecule has 1 aromatic carbocycles. The van der Waals surface area contributed by atoms with Crippen LogP contribution in [-0.2, 0) is 4.74 Å². The average Bonchev–Trinajstić information content (AvgIpc) is 3.45. The highest BCUT2D eigenvalue weighted by Gasteiger charge is 2.35. The number of nitrogens with zero attached hydrogens (tertiary/aromatic N) is 2. The number of thiophene rings is 1. The Kier molecular flexibility index (Phi) is 5.52. The molecule has 0 saturated carbocycles. The van der Waals surface area contributed by atoms with Crippen LogP contribution >= 0.6 is 22.7 Å². The number of methoxy groups -OCH3 is 1. The molecule has 2 aromatic heterocycles. The molecule has 1 aliphatic heterocycles. The SMILES string of the molecule is COCCCN1C(=O)c2ccc(C(=O)Nc3nc(-c4cccs4)cs3)cc2C1=O. The van der Waals surface area contributed by atoms with E-state index in [9.17, 15) is 14.4 Å². The molecule has 0 aliphatic carbocycles. The van der Waals surface area contributed by atoms with Crippen LogP contribution in [-0.4, -0.2) is 47.9 Å². The number of carbonyl (C=O) groups is 3. The van der Waals surface area contributed by atoms with E-state index in [2.05, 4.69) is 10.3 Å². The van der Waals surface area contributed by atoms with Gasteiger partial charge in [-0.2, -0.15) is 0 Å². The lowest BCUT2D eigenvalue weighted by Crippen LogP contribution is -2.31. The Labute approximate surface area is 175 Å². The number of aromatic nitrogens is 1. The summed E-state index contributed by atoms with van der Waals surface area (Å²) in [6, 6.07) is 8.45. The van der Waals surface area contributed by atoms with E-state index in [0.717, 1.165) is 10.6 Å². The number of fused-ring (bicyclic) bond motifs is 1. The Balaban J connectivity index is 1.49. The molecule has 3 amide bonds. The summed E-state index contributed by atoms with van der Waals surface area (Å²) in [6.45, 7) is 0.745. The van der Waals surface area contributed by atoms with Gasteiger partial charge >= 0.3 is 0 Å². The lowest BCUT2D eigenvalue weighted by molar-refractivity contribution is 0.0638. The number of hydrogen-bond acceptors (Lipinski definition) is 7. The maximum Gasteiger partial charge on any atom is 0.261 e. The fraction of sp³-hybridized carbons (Fsp3) is 0.200. The van der Waals surface area contributed by atoms with E-state index < -0.39 is 0 Å². The number of anilines is 1. The van der Waals surface area contributed by atoms with E-state index in [-0.39, 0.29) is 29.8 Å². The van der Waals surface area contributed by atoms with Crippen molar-refractivity contribution in [3.8, 4) is 10.6 Å². The van der Waals surface area contributed by atoms with Crippen LogP contribution in [0.1, 0.15) is 37.5 Å². The molecule has 4 rings (SSSR count). The van der Waals surface area contributed by atoms with Crippen LogP contribution in [0.4, 0.5) is 5.13 Å². The molecule has 0 bridgehead atoms. The van der Waals surface area contributed by atoms with Gasteiger partial charge in [-0.25, -0.2) is 4.98 Å². The molecule has 0 radical (unpaired) electrons. The predicted octanol–water partition coefficient (Wildman–Crippen LogP) is 3.76. The molecule has 9 heteroatoms. The van der Waals surface area contributed by atoms with Crippen LogP contribution < -0.4 is 5.32 Å². The molecule has 3 aromatic rings. The van der Waals surface area contributed by atoms with Crippen molar-refractivity contribution >= 4 is 45.5 Å². The molecule has 148 valence electrons. The van der Waals surface area contributed by atoms with Crippen molar-refractivity contribution in [2.75, 3.05) is 25.6 Å². The molecule has 0 unspecified atom stereocenters. The predicted molar refractivity (Wildman–Crippen MR) is 112 cm³/mol. The highest BCUT2D eigenvalue weighted by Crippen LogP contribution is 2.29. The van der Waals surface area contributed by atoms with Gasteiger partial charge in [0, 0.05) is 31.2 Å². The summed E-state index contributed by atoms with van der Waals surface area (Å²) in [5.41, 5.74) is 1.68. The first kappa shape index (κ1) is 19.4. The van der Waals surface area contributed by atoms with E-state index in [4.69, 9.17) is 4.74 Å². The maximum atomic E-state index is 12.6. The molecule has 29 heavy (non-hydrogen) atoms. The van der Waals surface area contributed by atoms with Gasteiger partial charge in [-0.05, 0) is 36.1 Å². The van der Waals surface area contributed by atoms with Crippen molar-refractivity contribution in [1.29, 1.82) is 0 Å². The summed E-state index contributed by atoms with van der Waals surface area (Å²) in [6.07, 6.45) is 0.561. The summed E-state index contributed by atoms with van der Waals surface area (Å²) >= 11 is 2.91. The van der Waals surface area contributed by atoms with Crippen LogP contribution in [0.5, 0.6) is 0 Å². The van der Waals surface area contributed by atoms with Gasteiger partial charge in [0.25, 0.3) is 17.7 Å². The number of amides is 3. The van der Waals surface area contributed by atoms with Gasteiger partial charge in [-0.3, -0.25) is 24.6 Å². The van der Waals surface area contributed by atoms with Gasteiger partial charge < -0.3 is 4.74 Å². The number of thiazole rings is 1. The van der Waals surface area contributed by atoms with E-state index in [1.54, 1.807) is 24.5 Å². The summed E-state index contributed by atoms with van der Waals surface area (Å²) in [5.74, 6) is -1.10. The number of imide groups is 1. The zero-order valence-electron chi connectivity index (χ0n) is 15.5. The van der Waals surface area contributed by atoms with Crippen LogP contribution in [0.2, 0.25) is 0 Å². The van der Waals surface area contributed by atoms with E-state index in [1.807, 2.05) is 22.9 Å². The third kappa shape index (κ3) is 3.84. The number of hydrogen-bond donors (Lipinski definition) is 1. The van der Waals surface area contributed by atoms with Crippen molar-refractivity contribution in [1.82, 2.24) is 9.88 Å². The van der Waals surface area contributed by atoms with Crippen molar-refractivity contribution in [2.45, 2.75) is 6.42 Å². The Morgan fingerprint density at radius 1 is 1.17 bits per heavy atom. The average molecular weight is 428 g/mol. The molecule has 1 aliphatic rings. The Bertz CT molecular complexity index is 1080. The second-order valence-corrected chi connectivity index (χ2v) is 8.14. The smallest absolute Gasteiger partial charge is 0.261 e. The highest BCUT2D eigenvalue weighted by atomic mass is 32.1. The molecule has 3 heterocycles. The van der Waals surface area contributed by atoms with Gasteiger partial charge in [-0.1, -0.05) is 6.07 Å². The van der Waals surface area contributed by atoms with Gasteiger partial charge in [0.15, 0.2) is 5.13 Å². The summed E-state index contributed by atoms with van der Waals surface area (Å²) < 4.78 is 4.98. The molecular formula is C20H17N3O4S2. The lowest BCUT2D eigenvalue weighted by atomic mass is 10.1. The minimum atomic E-state index is -0.384. The molecule has 0 fully saturated rings. The molecule has 0 spiro atoms. The Morgan fingerprint density at radius 2 is 2.00 bits per heavy atom. The first-order valence-corrected chi connectivity index (χ1v) is 10.6. The minimum Gasteiger partial charge on any atom is -0.385 e. The Morgan fingerprint density at radius 3 is 2.76 bits per heavy atom. The Hall–Kier alpha value is -2.88. The third-order valence-corrected chi connectivity index (χ3v) is 6.11. The number of ether oxygens (including phenoxy) is 1. The van der Waals surface area contributed by atoms with Crippen LogP contribution in [0, 0.1) is 0 Å². The topological polar surface area (TPSA) is 88.6 Å². The monoisotopic (exact) mass is 427 g/mol. The molecule has 0 atom stereocenters. The maximum absolute atomic E-state index is 12.6. The van der Waals surface area contributed by atoms with Crippen molar-refractivity contribution in [3.63, 3.8) is 0 Å². The van der Waals surface area contributed by atoms with Gasteiger partial charge in [0.2, 0.25) is 0 Å². The summed E-state index contributed by atoms with van der Waals surface area (Å²) in [5, 5.41) is 7.08. The van der Waals surface area contributed by atoms with Gasteiger partial charge in [0.1, 0.15) is 0 Å². The fourth-order valence-corrected chi connectivity index (χ4v) is 4.51. The first-order chi connectivity index (χ1) is 14.1. The van der Waals surface area contributed by atoms with Gasteiger partial charge in [-0.15, -0.1) is 22.7 Å². The molecule has 1 N–H and O–H groups in total. The van der Waals surface area contributed by atoms with E-state index in [1.165, 1.54) is 28.4 Å². The second-order valence-electron chi connectivity index (χ2n) is 6.34. The standard InChI is InChI=1S/C20H17N3O4S2/c1-27-8-3-7-23-18(25)13-6-5-12(10-14(13)19(23)26)17(24)22-20-21-15(11-29-20)16-4-2-9-28-16/h2,4-6,9-11H,3,7-8H2,1H3,(H,21,22,24). The molecular weight excluding hydrogens is 410 g/mol. The second kappa shape index (κ2) is 8.24. The zero-order valence-corrected chi connectivity index (χ0v) is 17.1. The number of rotatable bonds is 7. The third-order valence-electron chi connectivity index (χ3n) is 4.46. The fourth-order valence-electron chi connectivity index (χ4n) is 3.04. The van der Waals surface area contributed by atoms with E-state index >= 15 is 0 Å². The van der Waals surface area contributed by atoms with Crippen molar-refractivity contribution in [3.05, 3.63) is 57.8 Å². The van der Waals surface area contributed by atoms with Gasteiger partial charge in [0.05, 0.1) is 21.7 Å². The van der Waals surface area contributed by atoms with Crippen LogP contribution in [0.25, 0.3) is 10.6 Å².